The van der Waals surface area contributed by atoms with Crippen molar-refractivity contribution in [3.05, 3.63) is 41.9 Å². The van der Waals surface area contributed by atoms with Gasteiger partial charge in [0.25, 0.3) is 5.71 Å². The molecule has 0 saturated carbocycles. The van der Waals surface area contributed by atoms with Crippen molar-refractivity contribution >= 4 is 22.8 Å². The third kappa shape index (κ3) is 4.01. The highest BCUT2D eigenvalue weighted by Crippen LogP contribution is 2.30. The highest BCUT2D eigenvalue weighted by molar-refractivity contribution is 5.88. The number of hydrogen-bond donors (Lipinski definition) is 1. The first-order chi connectivity index (χ1) is 14.2. The van der Waals surface area contributed by atoms with Crippen LogP contribution in [0.25, 0.3) is 11.1 Å². The molecule has 4 rings (SSSR count). The lowest BCUT2D eigenvalue weighted by molar-refractivity contribution is -0.125. The van der Waals surface area contributed by atoms with Gasteiger partial charge in [0, 0.05) is 19.6 Å². The normalized spacial score (nSPS) is 16.8. The Labute approximate surface area is 169 Å². The average molecular weight is 395 g/mol. The minimum Gasteiger partial charge on any atom is -0.497 e. The monoisotopic (exact) mass is 395 g/mol. The third-order valence-electron chi connectivity index (χ3n) is 5.38. The average Bonchev–Trinajstić information content (AvgIpc) is 3.21. The van der Waals surface area contributed by atoms with E-state index in [1.807, 2.05) is 31.2 Å². The smallest absolute Gasteiger partial charge is 0.263 e. The zero-order valence-corrected chi connectivity index (χ0v) is 16.7. The summed E-state index contributed by atoms with van der Waals surface area (Å²) >= 11 is 0. The molecule has 8 nitrogen and oxygen atoms in total. The third-order valence-corrected chi connectivity index (χ3v) is 5.38. The number of nitrogens with zero attached hydrogens (tertiary/aromatic N) is 4. The van der Waals surface area contributed by atoms with E-state index in [1.165, 1.54) is 6.33 Å². The summed E-state index contributed by atoms with van der Waals surface area (Å²) in [5, 5.41) is 8.03. The Morgan fingerprint density at radius 1 is 1.31 bits per heavy atom. The number of fused-ring (bicyclic) bond motifs is 1. The summed E-state index contributed by atoms with van der Waals surface area (Å²) in [4.78, 5) is 23.6. The summed E-state index contributed by atoms with van der Waals surface area (Å²) in [6.45, 7) is 4.00. The summed E-state index contributed by atoms with van der Waals surface area (Å²) < 4.78 is 10.5. The van der Waals surface area contributed by atoms with Crippen molar-refractivity contribution in [2.45, 2.75) is 32.7 Å². The molecule has 0 aliphatic carbocycles. The number of aryl methyl sites for hydroxylation is 1. The SMILES string of the molecule is CCc1noc2ncnc(N3CCCC(C(=O)NCc4ccc(OC)cc4)C3)c12. The minimum absolute atomic E-state index is 0.0665. The standard InChI is InChI=1S/C21H25N5O3/c1-3-17-18-19(23-13-24-21(18)29-25-17)26-10-4-5-15(12-26)20(27)22-11-14-6-8-16(28-2)9-7-14/h6-9,13,15H,3-5,10-12H2,1-2H3,(H,22,27). The Morgan fingerprint density at radius 3 is 2.90 bits per heavy atom. The van der Waals surface area contributed by atoms with E-state index in [4.69, 9.17) is 9.26 Å². The molecule has 29 heavy (non-hydrogen) atoms. The summed E-state index contributed by atoms with van der Waals surface area (Å²) in [6.07, 6.45) is 4.03. The van der Waals surface area contributed by atoms with E-state index >= 15 is 0 Å². The van der Waals surface area contributed by atoms with Crippen molar-refractivity contribution in [2.75, 3.05) is 25.1 Å². The van der Waals surface area contributed by atoms with Gasteiger partial charge in [0.2, 0.25) is 5.91 Å². The van der Waals surface area contributed by atoms with Crippen LogP contribution >= 0.6 is 0 Å². The maximum absolute atomic E-state index is 12.8. The molecule has 1 amide bonds. The molecule has 1 unspecified atom stereocenters. The van der Waals surface area contributed by atoms with Crippen LogP contribution in [-0.4, -0.2) is 41.2 Å². The van der Waals surface area contributed by atoms with E-state index < -0.39 is 0 Å². The van der Waals surface area contributed by atoms with Gasteiger partial charge in [0.1, 0.15) is 23.3 Å². The fourth-order valence-corrected chi connectivity index (χ4v) is 3.77. The van der Waals surface area contributed by atoms with Gasteiger partial charge in [-0.1, -0.05) is 24.2 Å². The number of piperidine rings is 1. The molecule has 2 aromatic heterocycles. The zero-order valence-electron chi connectivity index (χ0n) is 16.7. The quantitative estimate of drug-likeness (QED) is 0.686. The van der Waals surface area contributed by atoms with E-state index in [2.05, 4.69) is 25.3 Å². The van der Waals surface area contributed by atoms with Crippen LogP contribution in [0.3, 0.4) is 0 Å². The van der Waals surface area contributed by atoms with Crippen LogP contribution in [0.1, 0.15) is 31.0 Å². The lowest BCUT2D eigenvalue weighted by atomic mass is 9.96. The molecule has 1 aliphatic heterocycles. The van der Waals surface area contributed by atoms with Crippen molar-refractivity contribution in [1.29, 1.82) is 0 Å². The first-order valence-corrected chi connectivity index (χ1v) is 9.94. The molecule has 152 valence electrons. The van der Waals surface area contributed by atoms with E-state index in [0.717, 1.165) is 54.0 Å². The topological polar surface area (TPSA) is 93.4 Å². The van der Waals surface area contributed by atoms with Crippen LogP contribution < -0.4 is 15.0 Å². The lowest BCUT2D eigenvalue weighted by Crippen LogP contribution is -2.43. The number of ether oxygens (including phenoxy) is 1. The van der Waals surface area contributed by atoms with Gasteiger partial charge in [0.05, 0.1) is 18.7 Å². The molecule has 1 aromatic carbocycles. The molecule has 1 aliphatic rings. The zero-order chi connectivity index (χ0) is 20.2. The highest BCUT2D eigenvalue weighted by atomic mass is 16.5. The van der Waals surface area contributed by atoms with Gasteiger partial charge < -0.3 is 19.5 Å². The molecule has 0 radical (unpaired) electrons. The molecule has 0 bridgehead atoms. The number of aromatic nitrogens is 3. The van der Waals surface area contributed by atoms with Crippen molar-refractivity contribution in [3.63, 3.8) is 0 Å². The maximum atomic E-state index is 12.8. The van der Waals surface area contributed by atoms with E-state index in [1.54, 1.807) is 7.11 Å². The Hall–Kier alpha value is -3.16. The van der Waals surface area contributed by atoms with Crippen LogP contribution in [0.4, 0.5) is 5.82 Å². The molecule has 3 aromatic rings. The summed E-state index contributed by atoms with van der Waals surface area (Å²) in [5.41, 5.74) is 2.39. The number of carbonyl (C=O) groups excluding carboxylic acids is 1. The van der Waals surface area contributed by atoms with E-state index in [-0.39, 0.29) is 11.8 Å². The number of methoxy groups -OCH3 is 1. The van der Waals surface area contributed by atoms with Crippen LogP contribution in [0, 0.1) is 5.92 Å². The number of anilines is 1. The predicted octanol–water partition coefficient (Wildman–Crippen LogP) is 2.72. The van der Waals surface area contributed by atoms with Gasteiger partial charge in [0.15, 0.2) is 0 Å². The van der Waals surface area contributed by atoms with Gasteiger partial charge in [-0.05, 0) is 37.0 Å². The highest BCUT2D eigenvalue weighted by Gasteiger charge is 2.28. The molecule has 1 atom stereocenters. The van der Waals surface area contributed by atoms with Crippen molar-refractivity contribution in [3.8, 4) is 5.75 Å². The Kier molecular flexibility index (Phi) is 5.59. The van der Waals surface area contributed by atoms with Gasteiger partial charge >= 0.3 is 0 Å². The fraction of sp³-hybridized carbons (Fsp3) is 0.429. The van der Waals surface area contributed by atoms with Crippen LogP contribution in [-0.2, 0) is 17.8 Å². The number of hydrogen-bond acceptors (Lipinski definition) is 7. The van der Waals surface area contributed by atoms with Crippen molar-refractivity contribution in [2.24, 2.45) is 5.92 Å². The number of nitrogens with one attached hydrogen (secondary N) is 1. The minimum atomic E-state index is -0.0862. The van der Waals surface area contributed by atoms with Gasteiger partial charge in [-0.25, -0.2) is 4.98 Å². The van der Waals surface area contributed by atoms with Crippen LogP contribution in [0.2, 0.25) is 0 Å². The van der Waals surface area contributed by atoms with Crippen molar-refractivity contribution in [1.82, 2.24) is 20.4 Å². The van der Waals surface area contributed by atoms with Gasteiger partial charge in [-0.2, -0.15) is 4.98 Å². The fourth-order valence-electron chi connectivity index (χ4n) is 3.77. The number of rotatable bonds is 6. The summed E-state index contributed by atoms with van der Waals surface area (Å²) in [7, 11) is 1.64. The second-order valence-electron chi connectivity index (χ2n) is 7.21. The molecule has 1 saturated heterocycles. The Bertz CT molecular complexity index is 986. The van der Waals surface area contributed by atoms with E-state index in [9.17, 15) is 4.79 Å². The van der Waals surface area contributed by atoms with Crippen molar-refractivity contribution < 1.29 is 14.1 Å². The molecule has 3 heterocycles. The first kappa shape index (κ1) is 19.2. The molecule has 1 fully saturated rings. The van der Waals surface area contributed by atoms with Crippen LogP contribution in [0.15, 0.2) is 35.1 Å². The number of benzene rings is 1. The summed E-state index contributed by atoms with van der Waals surface area (Å²) in [6, 6.07) is 7.72. The largest absolute Gasteiger partial charge is 0.497 e. The second kappa shape index (κ2) is 8.46. The van der Waals surface area contributed by atoms with Gasteiger partial charge in [-0.15, -0.1) is 0 Å². The summed E-state index contributed by atoms with van der Waals surface area (Å²) in [5.74, 6) is 1.59. The van der Waals surface area contributed by atoms with E-state index in [0.29, 0.717) is 18.8 Å². The second-order valence-corrected chi connectivity index (χ2v) is 7.21. The molecule has 0 spiro atoms. The van der Waals surface area contributed by atoms with Gasteiger partial charge in [-0.3, -0.25) is 4.79 Å². The maximum Gasteiger partial charge on any atom is 0.263 e. The number of carbonyl (C=O) groups is 1. The predicted molar refractivity (Wildman–Crippen MR) is 109 cm³/mol. The molecule has 8 heteroatoms. The molecule has 1 N–H and O–H groups in total. The Balaban J connectivity index is 1.44. The van der Waals surface area contributed by atoms with Crippen LogP contribution in [0.5, 0.6) is 5.75 Å². The Morgan fingerprint density at radius 2 is 2.14 bits per heavy atom. The first-order valence-electron chi connectivity index (χ1n) is 9.94. The molecular formula is C21H25N5O3. The number of amides is 1. The molecular weight excluding hydrogens is 370 g/mol. The lowest BCUT2D eigenvalue weighted by Gasteiger charge is -2.33.